The minimum absolute atomic E-state index is 0.0569. The lowest BCUT2D eigenvalue weighted by atomic mass is 10.0. The average Bonchev–Trinajstić information content (AvgIpc) is 1.99. The first-order valence-corrected chi connectivity index (χ1v) is 4.48. The Balaban J connectivity index is 4.22. The van der Waals surface area contributed by atoms with E-state index in [0.29, 0.717) is 5.92 Å². The number of hydrogen-bond acceptors (Lipinski definition) is 2. The molecule has 0 amide bonds. The molecule has 11 heavy (non-hydrogen) atoms. The Bertz CT molecular complexity index is 150. The molecule has 0 radical (unpaired) electrons. The van der Waals surface area contributed by atoms with Gasteiger partial charge in [-0.1, -0.05) is 26.3 Å². The third-order valence-corrected chi connectivity index (χ3v) is 2.04. The zero-order valence-electron chi connectivity index (χ0n) is 7.37. The van der Waals surface area contributed by atoms with E-state index in [9.17, 15) is 4.79 Å². The summed E-state index contributed by atoms with van der Waals surface area (Å²) < 4.78 is 0. The van der Waals surface area contributed by atoms with E-state index in [2.05, 4.69) is 26.5 Å². The highest BCUT2D eigenvalue weighted by atomic mass is 32.1. The number of carbonyl (C=O) groups excluding carboxylic acids is 1. The number of thiol groups is 1. The molecule has 0 spiro atoms. The molecule has 0 aromatic heterocycles. The second-order valence-corrected chi connectivity index (χ2v) is 3.62. The quantitative estimate of drug-likeness (QED) is 0.391. The van der Waals surface area contributed by atoms with Crippen LogP contribution in [0.4, 0.5) is 0 Å². The molecule has 0 saturated heterocycles. The van der Waals surface area contributed by atoms with E-state index in [4.69, 9.17) is 0 Å². The van der Waals surface area contributed by atoms with Crippen molar-refractivity contribution in [3.05, 3.63) is 11.6 Å². The van der Waals surface area contributed by atoms with E-state index >= 15 is 0 Å². The molecule has 0 rings (SSSR count). The average molecular weight is 172 g/mol. The van der Waals surface area contributed by atoms with Gasteiger partial charge in [0, 0.05) is 10.8 Å². The molecule has 2 heteroatoms. The molecule has 0 aromatic carbocycles. The Labute approximate surface area is 74.3 Å². The molecule has 1 nitrogen and oxygen atoms in total. The standard InChI is InChI=1S/C9H16OS/c1-4-7(2)5-9(6-10)8(3)11/h5-8,11H,4H2,1-3H3. The predicted octanol–water partition coefficient (Wildman–Crippen LogP) is 2.48. The summed E-state index contributed by atoms with van der Waals surface area (Å²) in [6.45, 7) is 6.11. The Morgan fingerprint density at radius 3 is 2.36 bits per heavy atom. The minimum Gasteiger partial charge on any atom is -0.298 e. The van der Waals surface area contributed by atoms with Crippen LogP contribution in [0, 0.1) is 5.92 Å². The maximum Gasteiger partial charge on any atom is 0.146 e. The number of hydrogen-bond donors (Lipinski definition) is 1. The van der Waals surface area contributed by atoms with Gasteiger partial charge in [-0.05, 0) is 12.8 Å². The van der Waals surface area contributed by atoms with E-state index in [0.717, 1.165) is 18.3 Å². The molecule has 2 unspecified atom stereocenters. The topological polar surface area (TPSA) is 17.1 Å². The van der Waals surface area contributed by atoms with Gasteiger partial charge < -0.3 is 0 Å². The fourth-order valence-corrected chi connectivity index (χ4v) is 0.870. The summed E-state index contributed by atoms with van der Waals surface area (Å²) in [6, 6.07) is 0. The molecule has 0 aliphatic rings. The van der Waals surface area contributed by atoms with E-state index < -0.39 is 0 Å². The van der Waals surface area contributed by atoms with Crippen LogP contribution in [-0.4, -0.2) is 11.5 Å². The molecule has 0 N–H and O–H groups in total. The van der Waals surface area contributed by atoms with Gasteiger partial charge in [-0.15, -0.1) is 0 Å². The van der Waals surface area contributed by atoms with Crippen molar-refractivity contribution in [2.45, 2.75) is 32.4 Å². The van der Waals surface area contributed by atoms with Crippen molar-refractivity contribution in [2.75, 3.05) is 0 Å². The first kappa shape index (κ1) is 10.8. The molecule has 0 aromatic rings. The molecular weight excluding hydrogens is 156 g/mol. The van der Waals surface area contributed by atoms with E-state index in [1.54, 1.807) is 0 Å². The highest BCUT2D eigenvalue weighted by Crippen LogP contribution is 2.11. The fourth-order valence-electron chi connectivity index (χ4n) is 0.723. The normalized spacial score (nSPS) is 17.6. The second kappa shape index (κ2) is 5.42. The van der Waals surface area contributed by atoms with Crippen LogP contribution in [0.15, 0.2) is 11.6 Å². The van der Waals surface area contributed by atoms with Gasteiger partial charge in [0.2, 0.25) is 0 Å². The first-order chi connectivity index (χ1) is 5.11. The van der Waals surface area contributed by atoms with Crippen LogP contribution >= 0.6 is 12.6 Å². The molecule has 2 atom stereocenters. The van der Waals surface area contributed by atoms with Crippen LogP contribution < -0.4 is 0 Å². The van der Waals surface area contributed by atoms with Crippen molar-refractivity contribution in [3.8, 4) is 0 Å². The second-order valence-electron chi connectivity index (χ2n) is 2.85. The lowest BCUT2D eigenvalue weighted by Crippen LogP contribution is -2.01. The molecule has 0 aliphatic heterocycles. The Morgan fingerprint density at radius 1 is 1.55 bits per heavy atom. The lowest BCUT2D eigenvalue weighted by molar-refractivity contribution is -0.105. The van der Waals surface area contributed by atoms with Gasteiger partial charge in [-0.2, -0.15) is 12.6 Å². The SMILES string of the molecule is CCC(C)C=C(C=O)C(C)S. The first-order valence-electron chi connectivity index (χ1n) is 3.96. The lowest BCUT2D eigenvalue weighted by Gasteiger charge is -2.06. The number of rotatable bonds is 4. The smallest absolute Gasteiger partial charge is 0.146 e. The Hall–Kier alpha value is -0.240. The molecule has 0 heterocycles. The van der Waals surface area contributed by atoms with Crippen molar-refractivity contribution >= 4 is 18.9 Å². The molecule has 64 valence electrons. The maximum atomic E-state index is 10.5. The van der Waals surface area contributed by atoms with Crippen LogP contribution in [-0.2, 0) is 4.79 Å². The van der Waals surface area contributed by atoms with Gasteiger partial charge in [-0.25, -0.2) is 0 Å². The van der Waals surface area contributed by atoms with Crippen molar-refractivity contribution < 1.29 is 4.79 Å². The van der Waals surface area contributed by atoms with Crippen molar-refractivity contribution in [1.29, 1.82) is 0 Å². The molecule has 0 aliphatic carbocycles. The Morgan fingerprint density at radius 2 is 2.09 bits per heavy atom. The third-order valence-electron chi connectivity index (χ3n) is 1.74. The van der Waals surface area contributed by atoms with Crippen LogP contribution in [0.5, 0.6) is 0 Å². The zero-order chi connectivity index (χ0) is 8.85. The van der Waals surface area contributed by atoms with Gasteiger partial charge >= 0.3 is 0 Å². The van der Waals surface area contributed by atoms with Crippen molar-refractivity contribution in [1.82, 2.24) is 0 Å². The molecular formula is C9H16OS. The van der Waals surface area contributed by atoms with Gasteiger partial charge in [0.1, 0.15) is 6.29 Å². The summed E-state index contributed by atoms with van der Waals surface area (Å²) in [5.41, 5.74) is 0.794. The summed E-state index contributed by atoms with van der Waals surface area (Å²) in [7, 11) is 0. The number of aldehydes is 1. The zero-order valence-corrected chi connectivity index (χ0v) is 8.27. The molecule has 0 bridgehead atoms. The fraction of sp³-hybridized carbons (Fsp3) is 0.667. The van der Waals surface area contributed by atoms with Crippen LogP contribution in [0.3, 0.4) is 0 Å². The van der Waals surface area contributed by atoms with E-state index in [-0.39, 0.29) is 5.25 Å². The highest BCUT2D eigenvalue weighted by molar-refractivity contribution is 7.81. The van der Waals surface area contributed by atoms with E-state index in [1.807, 2.05) is 13.0 Å². The number of allylic oxidation sites excluding steroid dienone is 1. The van der Waals surface area contributed by atoms with Crippen LogP contribution in [0.1, 0.15) is 27.2 Å². The Kier molecular flexibility index (Phi) is 5.30. The van der Waals surface area contributed by atoms with E-state index in [1.165, 1.54) is 0 Å². The molecule has 0 saturated carbocycles. The highest BCUT2D eigenvalue weighted by Gasteiger charge is 2.03. The minimum atomic E-state index is 0.0569. The van der Waals surface area contributed by atoms with Crippen LogP contribution in [0.25, 0.3) is 0 Å². The third kappa shape index (κ3) is 4.25. The largest absolute Gasteiger partial charge is 0.298 e. The summed E-state index contributed by atoms with van der Waals surface area (Å²) in [5.74, 6) is 0.477. The summed E-state index contributed by atoms with van der Waals surface area (Å²) in [5, 5.41) is 0.0569. The monoisotopic (exact) mass is 172 g/mol. The van der Waals surface area contributed by atoms with Gasteiger partial charge in [0.15, 0.2) is 0 Å². The van der Waals surface area contributed by atoms with Gasteiger partial charge in [-0.3, -0.25) is 4.79 Å². The van der Waals surface area contributed by atoms with Crippen LogP contribution in [0.2, 0.25) is 0 Å². The van der Waals surface area contributed by atoms with Gasteiger partial charge in [0.25, 0.3) is 0 Å². The molecule has 0 fully saturated rings. The van der Waals surface area contributed by atoms with Crippen molar-refractivity contribution in [2.24, 2.45) is 5.92 Å². The van der Waals surface area contributed by atoms with Crippen molar-refractivity contribution in [3.63, 3.8) is 0 Å². The van der Waals surface area contributed by atoms with Gasteiger partial charge in [0.05, 0.1) is 0 Å². The number of carbonyl (C=O) groups is 1. The predicted molar refractivity (Wildman–Crippen MR) is 52.1 cm³/mol. The maximum absolute atomic E-state index is 10.5. The summed E-state index contributed by atoms with van der Waals surface area (Å²) in [6.07, 6.45) is 3.95. The summed E-state index contributed by atoms with van der Waals surface area (Å²) >= 11 is 4.19. The summed E-state index contributed by atoms with van der Waals surface area (Å²) in [4.78, 5) is 10.5.